The number of carbonyl (C=O) groups is 1. The number of aliphatic hydroxyl groups is 2. The highest BCUT2D eigenvalue weighted by atomic mass is 35.5. The van der Waals surface area contributed by atoms with E-state index in [1.165, 1.54) is 18.2 Å². The number of amides is 1. The van der Waals surface area contributed by atoms with E-state index < -0.39 is 23.9 Å². The molecule has 1 aromatic carbocycles. The smallest absolute Gasteiger partial charge is 0.407 e. The molecule has 3 N–H and O–H groups in total. The molecule has 0 heterocycles. The van der Waals surface area contributed by atoms with E-state index in [4.69, 9.17) is 21.6 Å². The van der Waals surface area contributed by atoms with Gasteiger partial charge in [0.05, 0.1) is 10.6 Å². The van der Waals surface area contributed by atoms with Gasteiger partial charge in [-0.15, -0.1) is 0 Å². The minimum absolute atomic E-state index is 0.194. The SMILES string of the molecule is CC(C)(C)OC(=O)NCC(O)C(O)c1ccc(Cl)c(C#N)c1. The summed E-state index contributed by atoms with van der Waals surface area (Å²) in [6.07, 6.45) is -3.20. The van der Waals surface area contributed by atoms with E-state index in [1.54, 1.807) is 20.8 Å². The van der Waals surface area contributed by atoms with Gasteiger partial charge in [-0.3, -0.25) is 0 Å². The van der Waals surface area contributed by atoms with Crippen molar-refractivity contribution >= 4 is 17.7 Å². The minimum atomic E-state index is -1.26. The molecular weight excluding hydrogens is 308 g/mol. The molecule has 0 saturated carbocycles. The summed E-state index contributed by atoms with van der Waals surface area (Å²) in [5.74, 6) is 0. The summed E-state index contributed by atoms with van der Waals surface area (Å²) in [6.45, 7) is 4.96. The number of benzene rings is 1. The normalized spacial score (nSPS) is 13.9. The lowest BCUT2D eigenvalue weighted by molar-refractivity contribution is 0.0129. The van der Waals surface area contributed by atoms with Crippen LogP contribution in [-0.2, 0) is 4.74 Å². The number of alkyl carbamates (subject to hydrolysis) is 1. The Hall–Kier alpha value is -1.81. The number of aliphatic hydroxyl groups excluding tert-OH is 2. The molecule has 0 bridgehead atoms. The Kier molecular flexibility index (Phi) is 6.18. The van der Waals surface area contributed by atoms with Crippen LogP contribution in [0.2, 0.25) is 5.02 Å². The summed E-state index contributed by atoms with van der Waals surface area (Å²) >= 11 is 5.80. The number of halogens is 1. The van der Waals surface area contributed by atoms with Crippen LogP contribution in [0, 0.1) is 11.3 Å². The van der Waals surface area contributed by atoms with Crippen LogP contribution in [0.5, 0.6) is 0 Å². The van der Waals surface area contributed by atoms with Crippen molar-refractivity contribution in [2.24, 2.45) is 0 Å². The summed E-state index contributed by atoms with van der Waals surface area (Å²) in [6, 6.07) is 6.25. The van der Waals surface area contributed by atoms with Crippen molar-refractivity contribution in [3.8, 4) is 6.07 Å². The zero-order chi connectivity index (χ0) is 16.9. The van der Waals surface area contributed by atoms with Gasteiger partial charge in [0, 0.05) is 6.54 Å². The maximum absolute atomic E-state index is 11.5. The highest BCUT2D eigenvalue weighted by Crippen LogP contribution is 2.23. The van der Waals surface area contributed by atoms with Gasteiger partial charge in [0.1, 0.15) is 23.9 Å². The van der Waals surface area contributed by atoms with E-state index in [9.17, 15) is 15.0 Å². The quantitative estimate of drug-likeness (QED) is 0.786. The molecule has 2 unspecified atom stereocenters. The first-order chi connectivity index (χ1) is 10.1. The van der Waals surface area contributed by atoms with E-state index in [-0.39, 0.29) is 17.1 Å². The molecule has 22 heavy (non-hydrogen) atoms. The molecule has 2 atom stereocenters. The second-order valence-electron chi connectivity index (χ2n) is 5.75. The van der Waals surface area contributed by atoms with Gasteiger partial charge in [0.25, 0.3) is 0 Å². The molecule has 0 aromatic heterocycles. The van der Waals surface area contributed by atoms with Gasteiger partial charge in [0.15, 0.2) is 0 Å². The molecule has 120 valence electrons. The third-order valence-corrected chi connectivity index (χ3v) is 3.00. The van der Waals surface area contributed by atoms with Crippen LogP contribution in [0.1, 0.15) is 38.0 Å². The van der Waals surface area contributed by atoms with Gasteiger partial charge in [-0.05, 0) is 38.5 Å². The zero-order valence-electron chi connectivity index (χ0n) is 12.6. The Morgan fingerprint density at radius 2 is 2.09 bits per heavy atom. The van der Waals surface area contributed by atoms with Gasteiger partial charge in [-0.25, -0.2) is 4.79 Å². The molecular formula is C15H19ClN2O4. The average Bonchev–Trinajstić information content (AvgIpc) is 2.42. The Morgan fingerprint density at radius 3 is 2.64 bits per heavy atom. The van der Waals surface area contributed by atoms with Crippen molar-refractivity contribution in [1.82, 2.24) is 5.32 Å². The fraction of sp³-hybridized carbons (Fsp3) is 0.467. The van der Waals surface area contributed by atoms with Crippen LogP contribution in [-0.4, -0.2) is 34.6 Å². The third-order valence-electron chi connectivity index (χ3n) is 2.67. The fourth-order valence-corrected chi connectivity index (χ4v) is 1.81. The lowest BCUT2D eigenvalue weighted by Crippen LogP contribution is -2.38. The number of rotatable bonds is 4. The maximum Gasteiger partial charge on any atom is 0.407 e. The Bertz CT molecular complexity index is 578. The molecule has 7 heteroatoms. The lowest BCUT2D eigenvalue weighted by atomic mass is 10.0. The molecule has 1 rings (SSSR count). The minimum Gasteiger partial charge on any atom is -0.444 e. The number of nitrogens with one attached hydrogen (secondary N) is 1. The van der Waals surface area contributed by atoms with Crippen LogP contribution in [0.25, 0.3) is 0 Å². The van der Waals surface area contributed by atoms with Crippen LogP contribution >= 0.6 is 11.6 Å². The first-order valence-corrected chi connectivity index (χ1v) is 7.04. The molecule has 1 amide bonds. The highest BCUT2D eigenvalue weighted by Gasteiger charge is 2.22. The van der Waals surface area contributed by atoms with Crippen molar-refractivity contribution in [2.75, 3.05) is 6.54 Å². The number of ether oxygens (including phenoxy) is 1. The van der Waals surface area contributed by atoms with Crippen molar-refractivity contribution < 1.29 is 19.7 Å². The Morgan fingerprint density at radius 1 is 1.45 bits per heavy atom. The van der Waals surface area contributed by atoms with E-state index >= 15 is 0 Å². The number of carbonyl (C=O) groups excluding carboxylic acids is 1. The van der Waals surface area contributed by atoms with Crippen LogP contribution in [0.15, 0.2) is 18.2 Å². The van der Waals surface area contributed by atoms with Gasteiger partial charge < -0.3 is 20.3 Å². The molecule has 0 aliphatic carbocycles. The molecule has 6 nitrogen and oxygen atoms in total. The summed E-state index contributed by atoms with van der Waals surface area (Å²) in [4.78, 5) is 11.5. The predicted molar refractivity (Wildman–Crippen MR) is 81.4 cm³/mol. The van der Waals surface area contributed by atoms with Gasteiger partial charge >= 0.3 is 6.09 Å². The summed E-state index contributed by atoms with van der Waals surface area (Å²) in [5, 5.41) is 31.5. The van der Waals surface area contributed by atoms with E-state index in [0.717, 1.165) is 0 Å². The zero-order valence-corrected chi connectivity index (χ0v) is 13.4. The molecule has 0 radical (unpaired) electrons. The fourth-order valence-electron chi connectivity index (χ4n) is 1.65. The molecule has 0 aliphatic heterocycles. The molecule has 0 spiro atoms. The molecule has 0 aliphatic rings. The average molecular weight is 327 g/mol. The Labute approximate surface area is 134 Å². The lowest BCUT2D eigenvalue weighted by Gasteiger charge is -2.22. The number of nitrogens with zero attached hydrogens (tertiary/aromatic N) is 1. The molecule has 0 saturated heterocycles. The summed E-state index contributed by atoms with van der Waals surface area (Å²) < 4.78 is 5.02. The standard InChI is InChI=1S/C15H19ClN2O4/c1-15(2,3)22-14(21)18-8-12(19)13(20)9-4-5-11(16)10(6-9)7-17/h4-6,12-13,19-20H,8H2,1-3H3,(H,18,21). The largest absolute Gasteiger partial charge is 0.444 e. The number of nitriles is 1. The molecule has 0 fully saturated rings. The predicted octanol–water partition coefficient (Wildman–Crippen LogP) is 2.13. The van der Waals surface area contributed by atoms with Crippen molar-refractivity contribution in [3.05, 3.63) is 34.3 Å². The van der Waals surface area contributed by atoms with E-state index in [2.05, 4.69) is 5.32 Å². The molecule has 1 aromatic rings. The monoisotopic (exact) mass is 326 g/mol. The topological polar surface area (TPSA) is 103 Å². The second-order valence-corrected chi connectivity index (χ2v) is 6.15. The van der Waals surface area contributed by atoms with E-state index in [0.29, 0.717) is 5.56 Å². The van der Waals surface area contributed by atoms with E-state index in [1.807, 2.05) is 6.07 Å². The van der Waals surface area contributed by atoms with Crippen molar-refractivity contribution in [1.29, 1.82) is 5.26 Å². The van der Waals surface area contributed by atoms with Crippen LogP contribution in [0.4, 0.5) is 4.79 Å². The van der Waals surface area contributed by atoms with Crippen molar-refractivity contribution in [2.45, 2.75) is 38.6 Å². The van der Waals surface area contributed by atoms with Crippen LogP contribution < -0.4 is 5.32 Å². The van der Waals surface area contributed by atoms with Gasteiger partial charge in [-0.2, -0.15) is 5.26 Å². The maximum atomic E-state index is 11.5. The highest BCUT2D eigenvalue weighted by molar-refractivity contribution is 6.31. The first kappa shape index (κ1) is 18.2. The summed E-state index contributed by atoms with van der Waals surface area (Å²) in [7, 11) is 0. The second kappa shape index (κ2) is 7.45. The summed E-state index contributed by atoms with van der Waals surface area (Å²) in [5.41, 5.74) is -0.115. The number of hydrogen-bond acceptors (Lipinski definition) is 5. The van der Waals surface area contributed by atoms with Crippen LogP contribution in [0.3, 0.4) is 0 Å². The van der Waals surface area contributed by atoms with Crippen molar-refractivity contribution in [3.63, 3.8) is 0 Å². The number of hydrogen-bond donors (Lipinski definition) is 3. The Balaban J connectivity index is 2.64. The first-order valence-electron chi connectivity index (χ1n) is 6.66. The third kappa shape index (κ3) is 5.53. The van der Waals surface area contributed by atoms with Gasteiger partial charge in [-0.1, -0.05) is 17.7 Å². The van der Waals surface area contributed by atoms with Gasteiger partial charge in [0.2, 0.25) is 0 Å².